The van der Waals surface area contributed by atoms with Gasteiger partial charge in [-0.05, 0) is 36.4 Å². The van der Waals surface area contributed by atoms with Gasteiger partial charge in [0.1, 0.15) is 0 Å². The molecule has 0 unspecified atom stereocenters. The van der Waals surface area contributed by atoms with E-state index in [0.717, 1.165) is 19.3 Å². The van der Waals surface area contributed by atoms with E-state index in [-0.39, 0.29) is 28.8 Å². The molecule has 1 aromatic heterocycles. The predicted molar refractivity (Wildman–Crippen MR) is 135 cm³/mol. The zero-order valence-electron chi connectivity index (χ0n) is 17.7. The molecule has 7 nitrogen and oxygen atoms in total. The molecule has 0 spiro atoms. The van der Waals surface area contributed by atoms with Crippen LogP contribution in [-0.2, 0) is 14.6 Å². The van der Waals surface area contributed by atoms with Gasteiger partial charge in [-0.2, -0.15) is 0 Å². The third-order valence-corrected chi connectivity index (χ3v) is 7.87. The Bertz CT molecular complexity index is 1260. The van der Waals surface area contributed by atoms with E-state index in [1.54, 1.807) is 35.2 Å². The molecule has 1 aliphatic rings. The number of morpholine rings is 1. The van der Waals surface area contributed by atoms with Gasteiger partial charge in [0.25, 0.3) is 5.91 Å². The van der Waals surface area contributed by atoms with Crippen LogP contribution < -0.4 is 4.90 Å². The number of sulfone groups is 1. The Labute approximate surface area is 212 Å². The quantitative estimate of drug-likeness (QED) is 0.452. The van der Waals surface area contributed by atoms with E-state index < -0.39 is 9.84 Å². The Balaban J connectivity index is 0.00000306. The fourth-order valence-corrected chi connectivity index (χ4v) is 5.52. The Hall–Kier alpha value is -1.46. The number of rotatable bonds is 6. The van der Waals surface area contributed by atoms with E-state index in [1.165, 1.54) is 17.4 Å². The highest BCUT2D eigenvalue weighted by molar-refractivity contribution is 7.90. The molecule has 0 saturated carbocycles. The Morgan fingerprint density at radius 2 is 1.91 bits per heavy atom. The predicted octanol–water partition coefficient (Wildman–Crippen LogP) is 4.41. The van der Waals surface area contributed by atoms with Gasteiger partial charge in [-0.15, -0.1) is 12.4 Å². The summed E-state index contributed by atoms with van der Waals surface area (Å²) in [5.74, 6) is -0.312. The number of ether oxygens (including phenoxy) is 1. The van der Waals surface area contributed by atoms with E-state index in [2.05, 4.69) is 9.88 Å². The van der Waals surface area contributed by atoms with Crippen molar-refractivity contribution in [3.63, 3.8) is 0 Å². The van der Waals surface area contributed by atoms with E-state index in [9.17, 15) is 13.2 Å². The molecule has 12 heteroatoms. The van der Waals surface area contributed by atoms with Crippen molar-refractivity contribution in [3.8, 4) is 0 Å². The number of halogens is 3. The molecule has 0 N–H and O–H groups in total. The minimum Gasteiger partial charge on any atom is -0.379 e. The lowest BCUT2D eigenvalue weighted by Gasteiger charge is -2.29. The van der Waals surface area contributed by atoms with Crippen LogP contribution in [0.2, 0.25) is 10.0 Å². The van der Waals surface area contributed by atoms with Gasteiger partial charge in [-0.1, -0.05) is 34.5 Å². The first-order chi connectivity index (χ1) is 15.2. The van der Waals surface area contributed by atoms with Crippen molar-refractivity contribution in [2.75, 3.05) is 50.5 Å². The molecule has 33 heavy (non-hydrogen) atoms. The second-order valence-electron chi connectivity index (χ2n) is 7.43. The van der Waals surface area contributed by atoms with Gasteiger partial charge in [-0.3, -0.25) is 14.6 Å². The standard InChI is InChI=1S/C21H21Cl2N3O4S2.ClH/c1-32(28,29)15-3-5-18-19(13-15)31-21(24-18)26(7-6-25-8-10-30-11-9-25)20(27)16-12-14(22)2-4-17(16)23;/h2-5,12-13H,6-11H2,1H3;1H. The summed E-state index contributed by atoms with van der Waals surface area (Å²) in [4.78, 5) is 22.1. The number of fused-ring (bicyclic) bond motifs is 1. The first kappa shape index (κ1) is 26.2. The molecule has 4 rings (SSSR count). The number of amides is 1. The monoisotopic (exact) mass is 549 g/mol. The minimum atomic E-state index is -3.35. The van der Waals surface area contributed by atoms with Crippen molar-refractivity contribution in [2.45, 2.75) is 4.90 Å². The maximum atomic E-state index is 13.5. The topological polar surface area (TPSA) is 79.8 Å². The third kappa shape index (κ3) is 6.16. The number of benzene rings is 2. The number of carbonyl (C=O) groups is 1. The molecular formula is C21H22Cl3N3O4S2. The van der Waals surface area contributed by atoms with E-state index in [1.807, 2.05) is 0 Å². The summed E-state index contributed by atoms with van der Waals surface area (Å²) in [7, 11) is -3.35. The van der Waals surface area contributed by atoms with Crippen molar-refractivity contribution < 1.29 is 17.9 Å². The van der Waals surface area contributed by atoms with Crippen LogP contribution in [0.25, 0.3) is 10.2 Å². The molecule has 1 saturated heterocycles. The lowest BCUT2D eigenvalue weighted by atomic mass is 10.2. The summed E-state index contributed by atoms with van der Waals surface area (Å²) in [6.07, 6.45) is 1.16. The second kappa shape index (κ2) is 10.9. The molecular weight excluding hydrogens is 529 g/mol. The van der Waals surface area contributed by atoms with Crippen LogP contribution in [0.3, 0.4) is 0 Å². The lowest BCUT2D eigenvalue weighted by Crippen LogP contribution is -2.43. The van der Waals surface area contributed by atoms with Crippen molar-refractivity contribution in [3.05, 3.63) is 52.0 Å². The molecule has 0 radical (unpaired) electrons. The van der Waals surface area contributed by atoms with Crippen molar-refractivity contribution in [2.24, 2.45) is 0 Å². The number of carbonyl (C=O) groups excluding carboxylic acids is 1. The summed E-state index contributed by atoms with van der Waals surface area (Å²) in [6.45, 7) is 3.92. The molecule has 1 fully saturated rings. The first-order valence-electron chi connectivity index (χ1n) is 9.90. The first-order valence-corrected chi connectivity index (χ1v) is 13.4. The number of aromatic nitrogens is 1. The summed E-state index contributed by atoms with van der Waals surface area (Å²) < 4.78 is 30.0. The second-order valence-corrected chi connectivity index (χ2v) is 11.3. The molecule has 3 aromatic rings. The highest BCUT2D eigenvalue weighted by Crippen LogP contribution is 2.32. The van der Waals surface area contributed by atoms with Crippen molar-refractivity contribution in [1.82, 2.24) is 9.88 Å². The van der Waals surface area contributed by atoms with Crippen molar-refractivity contribution in [1.29, 1.82) is 0 Å². The summed E-state index contributed by atoms with van der Waals surface area (Å²) >= 11 is 13.7. The van der Waals surface area contributed by atoms with Crippen LogP contribution in [0.15, 0.2) is 41.3 Å². The van der Waals surface area contributed by atoms with E-state index >= 15 is 0 Å². The number of hydrogen-bond acceptors (Lipinski definition) is 7. The Morgan fingerprint density at radius 3 is 2.61 bits per heavy atom. The zero-order valence-corrected chi connectivity index (χ0v) is 21.6. The SMILES string of the molecule is CS(=O)(=O)c1ccc2nc(N(CCN3CCOCC3)C(=O)c3cc(Cl)ccc3Cl)sc2c1.Cl. The van der Waals surface area contributed by atoms with Gasteiger partial charge in [-0.25, -0.2) is 13.4 Å². The third-order valence-electron chi connectivity index (χ3n) is 5.16. The summed E-state index contributed by atoms with van der Waals surface area (Å²) in [5, 5.41) is 1.18. The van der Waals surface area contributed by atoms with Crippen LogP contribution in [0.1, 0.15) is 10.4 Å². The zero-order chi connectivity index (χ0) is 22.9. The summed E-state index contributed by atoms with van der Waals surface area (Å²) in [6, 6.07) is 9.53. The average Bonchev–Trinajstić information content (AvgIpc) is 3.18. The van der Waals surface area contributed by atoms with Crippen molar-refractivity contribution >= 4 is 78.0 Å². The van der Waals surface area contributed by atoms with Crippen LogP contribution >= 0.6 is 46.9 Å². The number of anilines is 1. The minimum absolute atomic E-state index is 0. The lowest BCUT2D eigenvalue weighted by molar-refractivity contribution is 0.0391. The maximum absolute atomic E-state index is 13.5. The molecule has 0 aliphatic carbocycles. The average molecular weight is 551 g/mol. The van der Waals surface area contributed by atoms with Gasteiger partial charge >= 0.3 is 0 Å². The van der Waals surface area contributed by atoms with Gasteiger partial charge in [0.2, 0.25) is 0 Å². The Kier molecular flexibility index (Phi) is 8.60. The van der Waals surface area contributed by atoms with E-state index in [4.69, 9.17) is 27.9 Å². The largest absolute Gasteiger partial charge is 0.379 e. The Morgan fingerprint density at radius 1 is 1.18 bits per heavy atom. The van der Waals surface area contributed by atoms with E-state index in [0.29, 0.717) is 51.7 Å². The maximum Gasteiger partial charge on any atom is 0.261 e. The van der Waals surface area contributed by atoms with Crippen LogP contribution in [0.4, 0.5) is 5.13 Å². The molecule has 1 amide bonds. The smallest absolute Gasteiger partial charge is 0.261 e. The van der Waals surface area contributed by atoms with Gasteiger partial charge < -0.3 is 4.74 Å². The summed E-state index contributed by atoms with van der Waals surface area (Å²) in [5.41, 5.74) is 0.913. The van der Waals surface area contributed by atoms with Crippen LogP contribution in [-0.4, -0.2) is 69.9 Å². The molecule has 0 bridgehead atoms. The number of thiazole rings is 1. The molecule has 178 valence electrons. The van der Waals surface area contributed by atoms with Gasteiger partial charge in [0, 0.05) is 37.5 Å². The number of nitrogens with zero attached hydrogens (tertiary/aromatic N) is 3. The normalized spacial score (nSPS) is 14.8. The van der Waals surface area contributed by atoms with Gasteiger partial charge in [0.15, 0.2) is 15.0 Å². The molecule has 2 aromatic carbocycles. The van der Waals surface area contributed by atoms with Crippen LogP contribution in [0.5, 0.6) is 0 Å². The number of hydrogen-bond donors (Lipinski definition) is 0. The molecule has 1 aliphatic heterocycles. The van der Waals surface area contributed by atoms with Gasteiger partial charge in [0.05, 0.1) is 38.9 Å². The molecule has 2 heterocycles. The molecule has 0 atom stereocenters. The van der Waals surface area contributed by atoms with Crippen LogP contribution in [0, 0.1) is 0 Å². The fourth-order valence-electron chi connectivity index (χ4n) is 3.40. The fraction of sp³-hybridized carbons (Fsp3) is 0.333. The highest BCUT2D eigenvalue weighted by atomic mass is 35.5. The highest BCUT2D eigenvalue weighted by Gasteiger charge is 2.25.